The highest BCUT2D eigenvalue weighted by molar-refractivity contribution is 6.04. The minimum atomic E-state index is -4.65. The molecule has 3 heterocycles. The number of halogens is 3. The van der Waals surface area contributed by atoms with Crippen LogP contribution >= 0.6 is 0 Å². The molecule has 1 aromatic carbocycles. The zero-order valence-corrected chi connectivity index (χ0v) is 21.4. The van der Waals surface area contributed by atoms with Gasteiger partial charge in [0.2, 0.25) is 0 Å². The number of piperidine rings is 1. The minimum absolute atomic E-state index is 0.166. The van der Waals surface area contributed by atoms with Crippen LogP contribution in [0.1, 0.15) is 34.6 Å². The molecule has 0 bridgehead atoms. The number of nitrogens with one attached hydrogen (secondary N) is 2. The predicted molar refractivity (Wildman–Crippen MR) is 141 cm³/mol. The highest BCUT2D eigenvalue weighted by Gasteiger charge is 2.33. The third kappa shape index (κ3) is 7.42. The fraction of sp³-hybridized carbons (Fsp3) is 0.500. The van der Waals surface area contributed by atoms with E-state index in [1.165, 1.54) is 13.2 Å². The number of nitrogens with two attached hydrogens (primary N) is 1. The fourth-order valence-electron chi connectivity index (χ4n) is 4.59. The molecule has 38 heavy (non-hydrogen) atoms. The summed E-state index contributed by atoms with van der Waals surface area (Å²) in [5, 5.41) is 5.96. The number of hydrogen-bond donors (Lipinski definition) is 3. The number of carbonyl (C=O) groups is 1. The zero-order valence-electron chi connectivity index (χ0n) is 21.4. The van der Waals surface area contributed by atoms with E-state index in [1.54, 1.807) is 18.3 Å². The number of aromatic nitrogens is 1. The Kier molecular flexibility index (Phi) is 9.18. The third-order valence-corrected chi connectivity index (χ3v) is 6.85. The van der Waals surface area contributed by atoms with Gasteiger partial charge in [0.05, 0.1) is 18.8 Å². The number of amides is 1. The van der Waals surface area contributed by atoms with Crippen LogP contribution in [-0.4, -0.2) is 92.4 Å². The number of likely N-dealkylation sites (tertiary alicyclic amines) is 1. The molecule has 1 amide bonds. The van der Waals surface area contributed by atoms with Crippen LogP contribution < -0.4 is 21.1 Å². The molecule has 206 valence electrons. The lowest BCUT2D eigenvalue weighted by Crippen LogP contribution is -2.47. The summed E-state index contributed by atoms with van der Waals surface area (Å²) in [6.45, 7) is 8.42. The van der Waals surface area contributed by atoms with Crippen molar-refractivity contribution in [3.63, 3.8) is 0 Å². The lowest BCUT2D eigenvalue weighted by molar-refractivity contribution is -0.141. The molecule has 4 rings (SSSR count). The van der Waals surface area contributed by atoms with Gasteiger partial charge in [-0.3, -0.25) is 14.7 Å². The van der Waals surface area contributed by atoms with Crippen molar-refractivity contribution < 1.29 is 22.7 Å². The quantitative estimate of drug-likeness (QED) is 0.354. The number of rotatable bonds is 8. The Morgan fingerprint density at radius 1 is 1.18 bits per heavy atom. The lowest BCUT2D eigenvalue weighted by atomic mass is 10.1. The smallest absolute Gasteiger partial charge is 0.433 e. The van der Waals surface area contributed by atoms with Crippen LogP contribution in [0, 0.1) is 0 Å². The number of aliphatic imine (C=N–C) groups is 1. The number of anilines is 2. The largest absolute Gasteiger partial charge is 0.494 e. The Morgan fingerprint density at radius 3 is 2.53 bits per heavy atom. The molecule has 1 aromatic heterocycles. The molecule has 0 atom stereocenters. The van der Waals surface area contributed by atoms with Crippen LogP contribution in [0.15, 0.2) is 35.3 Å². The molecule has 0 radical (unpaired) electrons. The molecule has 2 aliphatic rings. The molecule has 0 saturated carbocycles. The number of alkyl halides is 3. The summed E-state index contributed by atoms with van der Waals surface area (Å²) in [5.41, 5.74) is 5.93. The van der Waals surface area contributed by atoms with E-state index in [-0.39, 0.29) is 23.2 Å². The van der Waals surface area contributed by atoms with Crippen LogP contribution in [0.4, 0.5) is 24.5 Å². The molecule has 0 aliphatic carbocycles. The number of nitrogens with zero attached hydrogens (tertiary/aromatic N) is 4. The topological polar surface area (TPSA) is 108 Å². The maximum atomic E-state index is 13.0. The maximum Gasteiger partial charge on any atom is 0.433 e. The molecule has 0 unspecified atom stereocenters. The normalized spacial score (nSPS) is 18.1. The standard InChI is InChI=1S/C26H34F3N7O2/c1-38-23-16-20(30)18(15-22(23)34-25(37)21-3-2-4-24(33-21)26(27,28)29)17-32-19-5-9-35(10-6-19)13-14-36-11-7-31-8-12-36/h2-4,15-17,19,31H,5-14,30H2,1H3,(H,34,37). The Bertz CT molecular complexity index is 1130. The van der Waals surface area contributed by atoms with Gasteiger partial charge in [-0.05, 0) is 31.0 Å². The maximum absolute atomic E-state index is 13.0. The second kappa shape index (κ2) is 12.5. The number of hydrogen-bond acceptors (Lipinski definition) is 8. The van der Waals surface area contributed by atoms with Crippen LogP contribution in [-0.2, 0) is 6.18 Å². The number of nitrogen functional groups attached to an aromatic ring is 1. The van der Waals surface area contributed by atoms with Crippen molar-refractivity contribution in [2.45, 2.75) is 25.1 Å². The van der Waals surface area contributed by atoms with Gasteiger partial charge in [-0.1, -0.05) is 6.07 Å². The summed E-state index contributed by atoms with van der Waals surface area (Å²) in [5.74, 6) is -0.520. The number of carbonyl (C=O) groups excluding carboxylic acids is 1. The first-order valence-electron chi connectivity index (χ1n) is 12.7. The monoisotopic (exact) mass is 533 g/mol. The molecule has 9 nitrogen and oxygen atoms in total. The van der Waals surface area contributed by atoms with Gasteiger partial charge in [0.25, 0.3) is 5.91 Å². The molecule has 2 aromatic rings. The Hall–Kier alpha value is -3.22. The van der Waals surface area contributed by atoms with E-state index in [0.717, 1.165) is 77.3 Å². The van der Waals surface area contributed by atoms with Gasteiger partial charge in [-0.2, -0.15) is 13.2 Å². The Morgan fingerprint density at radius 2 is 1.87 bits per heavy atom. The van der Waals surface area contributed by atoms with E-state index in [9.17, 15) is 18.0 Å². The van der Waals surface area contributed by atoms with Gasteiger partial charge >= 0.3 is 6.18 Å². The number of benzene rings is 1. The highest BCUT2D eigenvalue weighted by atomic mass is 19.4. The first-order valence-corrected chi connectivity index (χ1v) is 12.7. The van der Waals surface area contributed by atoms with Crippen molar-refractivity contribution in [3.8, 4) is 5.75 Å². The van der Waals surface area contributed by atoms with E-state index in [2.05, 4.69) is 25.4 Å². The summed E-state index contributed by atoms with van der Waals surface area (Å²) < 4.78 is 44.3. The molecular formula is C26H34F3N7O2. The molecule has 0 spiro atoms. The van der Waals surface area contributed by atoms with Gasteiger partial charge in [-0.15, -0.1) is 0 Å². The SMILES string of the molecule is COc1cc(N)c(C=NC2CCN(CCN3CCNCC3)CC2)cc1NC(=O)c1cccc(C(F)(F)F)n1. The minimum Gasteiger partial charge on any atom is -0.494 e. The molecule has 2 aliphatic heterocycles. The summed E-state index contributed by atoms with van der Waals surface area (Å²) >= 11 is 0. The average Bonchev–Trinajstić information content (AvgIpc) is 2.92. The van der Waals surface area contributed by atoms with Crippen LogP contribution in [0.25, 0.3) is 0 Å². The summed E-state index contributed by atoms with van der Waals surface area (Å²) in [4.78, 5) is 25.8. The van der Waals surface area contributed by atoms with Gasteiger partial charge < -0.3 is 26.0 Å². The van der Waals surface area contributed by atoms with E-state index < -0.39 is 17.8 Å². The first-order chi connectivity index (χ1) is 18.2. The van der Waals surface area contributed by atoms with Gasteiger partial charge in [0.1, 0.15) is 17.1 Å². The molecule has 12 heteroatoms. The van der Waals surface area contributed by atoms with Crippen molar-refractivity contribution in [1.82, 2.24) is 20.1 Å². The lowest BCUT2D eigenvalue weighted by Gasteiger charge is -2.33. The van der Waals surface area contributed by atoms with Crippen LogP contribution in [0.2, 0.25) is 0 Å². The number of ether oxygens (including phenoxy) is 1. The van der Waals surface area contributed by atoms with Crippen molar-refractivity contribution >= 4 is 23.5 Å². The highest BCUT2D eigenvalue weighted by Crippen LogP contribution is 2.31. The number of methoxy groups -OCH3 is 1. The van der Waals surface area contributed by atoms with Crippen molar-refractivity contribution in [2.75, 3.05) is 70.5 Å². The first kappa shape index (κ1) is 27.8. The number of piperazine rings is 1. The summed E-state index contributed by atoms with van der Waals surface area (Å²) in [6, 6.07) is 6.48. The summed E-state index contributed by atoms with van der Waals surface area (Å²) in [6.07, 6.45) is -1.08. The van der Waals surface area contributed by atoms with E-state index >= 15 is 0 Å². The van der Waals surface area contributed by atoms with Gasteiger partial charge in [-0.25, -0.2) is 4.98 Å². The van der Waals surface area contributed by atoms with E-state index in [0.29, 0.717) is 11.3 Å². The molecular weight excluding hydrogens is 499 g/mol. The van der Waals surface area contributed by atoms with Gasteiger partial charge in [0.15, 0.2) is 0 Å². The fourth-order valence-corrected chi connectivity index (χ4v) is 4.59. The second-order valence-electron chi connectivity index (χ2n) is 9.48. The zero-order chi connectivity index (χ0) is 27.1. The molecule has 2 saturated heterocycles. The summed E-state index contributed by atoms with van der Waals surface area (Å²) in [7, 11) is 1.41. The number of pyridine rings is 1. The molecule has 2 fully saturated rings. The van der Waals surface area contributed by atoms with E-state index in [4.69, 9.17) is 15.5 Å². The molecule has 4 N–H and O–H groups in total. The van der Waals surface area contributed by atoms with Crippen LogP contribution in [0.5, 0.6) is 5.75 Å². The predicted octanol–water partition coefficient (Wildman–Crippen LogP) is 2.73. The van der Waals surface area contributed by atoms with Crippen molar-refractivity contribution in [1.29, 1.82) is 0 Å². The van der Waals surface area contributed by atoms with Gasteiger partial charge in [0, 0.05) is 75.9 Å². The van der Waals surface area contributed by atoms with E-state index in [1.807, 2.05) is 0 Å². The van der Waals surface area contributed by atoms with Crippen LogP contribution in [0.3, 0.4) is 0 Å². The van der Waals surface area contributed by atoms with Crippen molar-refractivity contribution in [3.05, 3.63) is 47.3 Å². The van der Waals surface area contributed by atoms with Crippen molar-refractivity contribution in [2.24, 2.45) is 4.99 Å². The Labute approximate surface area is 220 Å². The second-order valence-corrected chi connectivity index (χ2v) is 9.48. The Balaban J connectivity index is 1.37. The average molecular weight is 534 g/mol. The third-order valence-electron chi connectivity index (χ3n) is 6.85.